The van der Waals surface area contributed by atoms with Crippen molar-refractivity contribution in [1.29, 1.82) is 0 Å². The summed E-state index contributed by atoms with van der Waals surface area (Å²) in [6, 6.07) is 3.79. The van der Waals surface area contributed by atoms with Crippen LogP contribution in [-0.2, 0) is 24.4 Å². The number of rotatable bonds is 1. The largest absolute Gasteiger partial charge is 0.392 e. The summed E-state index contributed by atoms with van der Waals surface area (Å²) in [6.07, 6.45) is 0.853. The van der Waals surface area contributed by atoms with E-state index in [1.165, 1.54) is 5.56 Å². The van der Waals surface area contributed by atoms with Crippen molar-refractivity contribution in [3.8, 4) is 0 Å². The van der Waals surface area contributed by atoms with Gasteiger partial charge in [-0.15, -0.1) is 0 Å². The monoisotopic (exact) mass is 198 g/mol. The Labute approximate surface area is 82.1 Å². The van der Waals surface area contributed by atoms with E-state index >= 15 is 0 Å². The third-order valence-electron chi connectivity index (χ3n) is 2.38. The minimum absolute atomic E-state index is 0.0159. The lowest BCUT2D eigenvalue weighted by molar-refractivity contribution is 0.110. The molecular weight excluding hydrogens is 188 g/mol. The third-order valence-corrected chi connectivity index (χ3v) is 2.74. The second-order valence-electron chi connectivity index (χ2n) is 3.12. The zero-order valence-electron chi connectivity index (χ0n) is 7.22. The van der Waals surface area contributed by atoms with E-state index in [-0.39, 0.29) is 6.61 Å². The van der Waals surface area contributed by atoms with Crippen LogP contribution >= 0.6 is 11.6 Å². The van der Waals surface area contributed by atoms with Crippen LogP contribution in [0.15, 0.2) is 12.1 Å². The summed E-state index contributed by atoms with van der Waals surface area (Å²) >= 11 is 5.96. The molecule has 0 saturated heterocycles. The van der Waals surface area contributed by atoms with Gasteiger partial charge in [-0.2, -0.15) is 0 Å². The van der Waals surface area contributed by atoms with Crippen LogP contribution < -0.4 is 0 Å². The lowest BCUT2D eigenvalue weighted by atomic mass is 9.97. The average Bonchev–Trinajstić information content (AvgIpc) is 2.18. The molecule has 0 fully saturated rings. The molecule has 13 heavy (non-hydrogen) atoms. The van der Waals surface area contributed by atoms with Crippen LogP contribution in [0.5, 0.6) is 0 Å². The SMILES string of the molecule is OCc1c(Cl)ccc2c1CCOC2. The highest BCUT2D eigenvalue weighted by Crippen LogP contribution is 2.27. The second kappa shape index (κ2) is 3.66. The average molecular weight is 199 g/mol. The fourth-order valence-electron chi connectivity index (χ4n) is 1.69. The van der Waals surface area contributed by atoms with E-state index in [1.54, 1.807) is 0 Å². The number of ether oxygens (including phenoxy) is 1. The molecule has 0 aliphatic carbocycles. The van der Waals surface area contributed by atoms with Crippen LogP contribution in [0.25, 0.3) is 0 Å². The van der Waals surface area contributed by atoms with Crippen molar-refractivity contribution >= 4 is 11.6 Å². The fourth-order valence-corrected chi connectivity index (χ4v) is 1.92. The van der Waals surface area contributed by atoms with Gasteiger partial charge in [0.05, 0.1) is 19.8 Å². The first kappa shape index (κ1) is 9.00. The molecule has 0 bridgehead atoms. The Hall–Kier alpha value is -0.570. The number of hydrogen-bond donors (Lipinski definition) is 1. The van der Waals surface area contributed by atoms with Crippen molar-refractivity contribution in [3.05, 3.63) is 33.8 Å². The lowest BCUT2D eigenvalue weighted by Gasteiger charge is -2.19. The maximum Gasteiger partial charge on any atom is 0.0719 e. The second-order valence-corrected chi connectivity index (χ2v) is 3.53. The summed E-state index contributed by atoms with van der Waals surface area (Å²) in [5.74, 6) is 0. The topological polar surface area (TPSA) is 29.5 Å². The summed E-state index contributed by atoms with van der Waals surface area (Å²) < 4.78 is 5.31. The molecule has 0 saturated carbocycles. The van der Waals surface area contributed by atoms with Gasteiger partial charge in [-0.05, 0) is 29.2 Å². The van der Waals surface area contributed by atoms with Gasteiger partial charge in [-0.3, -0.25) is 0 Å². The molecule has 1 aliphatic rings. The van der Waals surface area contributed by atoms with Crippen LogP contribution in [-0.4, -0.2) is 11.7 Å². The minimum Gasteiger partial charge on any atom is -0.392 e. The minimum atomic E-state index is 0.0159. The molecule has 0 amide bonds. The van der Waals surface area contributed by atoms with E-state index in [1.807, 2.05) is 12.1 Å². The van der Waals surface area contributed by atoms with Gasteiger partial charge in [0, 0.05) is 5.02 Å². The Bertz CT molecular complexity index is 323. The van der Waals surface area contributed by atoms with Gasteiger partial charge in [-0.1, -0.05) is 17.7 Å². The van der Waals surface area contributed by atoms with Gasteiger partial charge in [-0.25, -0.2) is 0 Å². The van der Waals surface area contributed by atoms with Crippen LogP contribution in [0.4, 0.5) is 0 Å². The number of fused-ring (bicyclic) bond motifs is 1. The summed E-state index contributed by atoms with van der Waals surface area (Å²) in [7, 11) is 0. The summed E-state index contributed by atoms with van der Waals surface area (Å²) in [5, 5.41) is 9.80. The van der Waals surface area contributed by atoms with Crippen LogP contribution in [0, 0.1) is 0 Å². The molecule has 70 valence electrons. The Balaban J connectivity index is 2.52. The fraction of sp³-hybridized carbons (Fsp3) is 0.400. The third kappa shape index (κ3) is 1.57. The van der Waals surface area contributed by atoms with E-state index in [0.717, 1.165) is 24.2 Å². The Kier molecular flexibility index (Phi) is 2.54. The smallest absolute Gasteiger partial charge is 0.0719 e. The summed E-state index contributed by atoms with van der Waals surface area (Å²) in [4.78, 5) is 0. The standard InChI is InChI=1S/C10H11ClO2/c11-10-2-1-7-6-13-4-3-8(7)9(10)5-12/h1-2,12H,3-6H2. The first-order valence-corrected chi connectivity index (χ1v) is 4.68. The van der Waals surface area contributed by atoms with Gasteiger partial charge >= 0.3 is 0 Å². The molecule has 1 N–H and O–H groups in total. The molecule has 1 aliphatic heterocycles. The molecule has 2 nitrogen and oxygen atoms in total. The Morgan fingerprint density at radius 1 is 1.46 bits per heavy atom. The molecule has 0 spiro atoms. The Morgan fingerprint density at radius 3 is 3.08 bits per heavy atom. The van der Waals surface area contributed by atoms with Gasteiger partial charge in [0.15, 0.2) is 0 Å². The number of aliphatic hydroxyl groups excluding tert-OH is 1. The van der Waals surface area contributed by atoms with E-state index in [9.17, 15) is 0 Å². The quantitative estimate of drug-likeness (QED) is 0.747. The van der Waals surface area contributed by atoms with Gasteiger partial charge < -0.3 is 9.84 Å². The highest BCUT2D eigenvalue weighted by molar-refractivity contribution is 6.31. The van der Waals surface area contributed by atoms with E-state index in [4.69, 9.17) is 21.4 Å². The highest BCUT2D eigenvalue weighted by Gasteiger charge is 2.14. The first-order chi connectivity index (χ1) is 6.33. The summed E-state index contributed by atoms with van der Waals surface area (Å²) in [6.45, 7) is 1.38. The van der Waals surface area contributed by atoms with Gasteiger partial charge in [0.25, 0.3) is 0 Å². The zero-order valence-corrected chi connectivity index (χ0v) is 7.97. The van der Waals surface area contributed by atoms with Gasteiger partial charge in [0.2, 0.25) is 0 Å². The van der Waals surface area contributed by atoms with Crippen molar-refractivity contribution in [2.75, 3.05) is 6.61 Å². The molecule has 1 heterocycles. The number of halogens is 1. The van der Waals surface area contributed by atoms with Gasteiger partial charge in [0.1, 0.15) is 0 Å². The van der Waals surface area contributed by atoms with Crippen molar-refractivity contribution in [2.24, 2.45) is 0 Å². The Morgan fingerprint density at radius 2 is 2.31 bits per heavy atom. The van der Waals surface area contributed by atoms with E-state index < -0.39 is 0 Å². The van der Waals surface area contributed by atoms with Crippen molar-refractivity contribution < 1.29 is 9.84 Å². The molecule has 1 aromatic carbocycles. The number of benzene rings is 1. The van der Waals surface area contributed by atoms with Crippen molar-refractivity contribution in [1.82, 2.24) is 0 Å². The van der Waals surface area contributed by atoms with Crippen LogP contribution in [0.2, 0.25) is 5.02 Å². The van der Waals surface area contributed by atoms with Crippen LogP contribution in [0.1, 0.15) is 16.7 Å². The van der Waals surface area contributed by atoms with Crippen molar-refractivity contribution in [2.45, 2.75) is 19.6 Å². The molecule has 0 unspecified atom stereocenters. The lowest BCUT2D eigenvalue weighted by Crippen LogP contribution is -2.12. The predicted molar refractivity (Wildman–Crippen MR) is 50.7 cm³/mol. The van der Waals surface area contributed by atoms with E-state index in [2.05, 4.69) is 0 Å². The molecule has 0 radical (unpaired) electrons. The first-order valence-electron chi connectivity index (χ1n) is 4.30. The number of aliphatic hydroxyl groups is 1. The molecule has 3 heteroatoms. The highest BCUT2D eigenvalue weighted by atomic mass is 35.5. The van der Waals surface area contributed by atoms with Crippen LogP contribution in [0.3, 0.4) is 0 Å². The molecule has 1 aromatic rings. The normalized spacial score (nSPS) is 15.5. The predicted octanol–water partition coefficient (Wildman–Crippen LogP) is 1.91. The molecule has 0 atom stereocenters. The number of hydrogen-bond acceptors (Lipinski definition) is 2. The molecule has 2 rings (SSSR count). The van der Waals surface area contributed by atoms with E-state index in [0.29, 0.717) is 11.6 Å². The molecule has 0 aromatic heterocycles. The maximum atomic E-state index is 9.15. The zero-order chi connectivity index (χ0) is 9.26. The van der Waals surface area contributed by atoms with Crippen molar-refractivity contribution in [3.63, 3.8) is 0 Å². The summed E-state index contributed by atoms with van der Waals surface area (Å²) in [5.41, 5.74) is 3.18. The maximum absolute atomic E-state index is 9.15. The molecular formula is C10H11ClO2.